The zero-order chi connectivity index (χ0) is 23.5. The van der Waals surface area contributed by atoms with Crippen molar-refractivity contribution in [3.05, 3.63) is 101 Å². The average Bonchev–Trinajstić information content (AvgIpc) is 3.29. The second-order valence-electron chi connectivity index (χ2n) is 7.29. The van der Waals surface area contributed by atoms with Crippen LogP contribution in [0.3, 0.4) is 0 Å². The van der Waals surface area contributed by atoms with E-state index in [0.717, 1.165) is 15.5 Å². The van der Waals surface area contributed by atoms with Crippen molar-refractivity contribution in [1.82, 2.24) is 24.5 Å². The minimum absolute atomic E-state index is 0.0952. The standard InChI is InChI=1S/C24H17ClN6O2S/c25-16-10-12-18(13-11-16)34-20-9-5-4-8-19(20)27-21(32)14-30-15-26-23-22(24(30)33)28-29-31(23)17-6-2-1-3-7-17/h1-13,15H,14H2,(H,27,32). The van der Waals surface area contributed by atoms with Gasteiger partial charge < -0.3 is 5.32 Å². The molecule has 2 aromatic heterocycles. The monoisotopic (exact) mass is 488 g/mol. The van der Waals surface area contributed by atoms with Gasteiger partial charge in [-0.05, 0) is 48.5 Å². The van der Waals surface area contributed by atoms with Crippen LogP contribution in [0.2, 0.25) is 5.02 Å². The number of carbonyl (C=O) groups is 1. The highest BCUT2D eigenvalue weighted by Gasteiger charge is 2.15. The Kier molecular flexibility index (Phi) is 6.11. The van der Waals surface area contributed by atoms with Gasteiger partial charge in [0.2, 0.25) is 5.91 Å². The largest absolute Gasteiger partial charge is 0.323 e. The lowest BCUT2D eigenvalue weighted by atomic mass is 10.3. The molecule has 3 aromatic carbocycles. The van der Waals surface area contributed by atoms with Gasteiger partial charge in [0.1, 0.15) is 12.9 Å². The molecule has 0 atom stereocenters. The van der Waals surface area contributed by atoms with Crippen LogP contribution in [-0.4, -0.2) is 30.5 Å². The van der Waals surface area contributed by atoms with Gasteiger partial charge in [0.25, 0.3) is 5.56 Å². The molecule has 0 bridgehead atoms. The first-order chi connectivity index (χ1) is 16.6. The minimum atomic E-state index is -0.439. The SMILES string of the molecule is O=C(Cn1cnc2c(nnn2-c2ccccc2)c1=O)Nc1ccccc1Sc1ccc(Cl)cc1. The van der Waals surface area contributed by atoms with Crippen molar-refractivity contribution in [1.29, 1.82) is 0 Å². The number of halogens is 1. The summed E-state index contributed by atoms with van der Waals surface area (Å²) in [6.07, 6.45) is 1.33. The molecule has 0 saturated carbocycles. The molecule has 2 heterocycles. The summed E-state index contributed by atoms with van der Waals surface area (Å²) in [5.41, 5.74) is 1.37. The lowest BCUT2D eigenvalue weighted by Crippen LogP contribution is -2.28. The first-order valence-electron chi connectivity index (χ1n) is 10.3. The number of amides is 1. The van der Waals surface area contributed by atoms with Crippen LogP contribution in [0.1, 0.15) is 0 Å². The Morgan fingerprint density at radius 2 is 1.71 bits per heavy atom. The summed E-state index contributed by atoms with van der Waals surface area (Å²) in [5.74, 6) is -0.358. The predicted molar refractivity (Wildman–Crippen MR) is 132 cm³/mol. The Bertz CT molecular complexity index is 1530. The van der Waals surface area contributed by atoms with Gasteiger partial charge in [-0.25, -0.2) is 4.98 Å². The number of benzene rings is 3. The van der Waals surface area contributed by atoms with Crippen molar-refractivity contribution in [3.8, 4) is 5.69 Å². The number of nitrogens with zero attached hydrogens (tertiary/aromatic N) is 5. The second kappa shape index (κ2) is 9.50. The van der Waals surface area contributed by atoms with Crippen molar-refractivity contribution in [2.75, 3.05) is 5.32 Å². The molecule has 1 amide bonds. The van der Waals surface area contributed by atoms with Crippen LogP contribution >= 0.6 is 23.4 Å². The fourth-order valence-electron chi connectivity index (χ4n) is 3.33. The maximum atomic E-state index is 12.9. The van der Waals surface area contributed by atoms with Gasteiger partial charge in [0.15, 0.2) is 11.2 Å². The molecule has 168 valence electrons. The number of rotatable bonds is 6. The van der Waals surface area contributed by atoms with E-state index in [2.05, 4.69) is 20.6 Å². The number of carbonyl (C=O) groups excluding carboxylic acids is 1. The number of para-hydroxylation sites is 2. The molecular formula is C24H17ClN6O2S. The molecule has 0 saturated heterocycles. The Balaban J connectivity index is 1.35. The van der Waals surface area contributed by atoms with Crippen LogP contribution in [0.15, 0.2) is 99.8 Å². The summed E-state index contributed by atoms with van der Waals surface area (Å²) in [4.78, 5) is 31.9. The van der Waals surface area contributed by atoms with Crippen LogP contribution in [0.4, 0.5) is 5.69 Å². The highest BCUT2D eigenvalue weighted by Crippen LogP contribution is 2.33. The van der Waals surface area contributed by atoms with E-state index in [9.17, 15) is 9.59 Å². The molecule has 0 radical (unpaired) electrons. The third-order valence-electron chi connectivity index (χ3n) is 4.95. The first-order valence-corrected chi connectivity index (χ1v) is 11.5. The average molecular weight is 489 g/mol. The highest BCUT2D eigenvalue weighted by molar-refractivity contribution is 7.99. The van der Waals surface area contributed by atoms with E-state index in [0.29, 0.717) is 16.4 Å². The van der Waals surface area contributed by atoms with Crippen molar-refractivity contribution < 1.29 is 4.79 Å². The predicted octanol–water partition coefficient (Wildman–Crippen LogP) is 4.42. The van der Waals surface area contributed by atoms with E-state index < -0.39 is 5.56 Å². The summed E-state index contributed by atoms with van der Waals surface area (Å²) in [7, 11) is 0. The minimum Gasteiger partial charge on any atom is -0.323 e. The topological polar surface area (TPSA) is 94.7 Å². The normalized spacial score (nSPS) is 11.0. The van der Waals surface area contributed by atoms with Gasteiger partial charge in [0, 0.05) is 14.8 Å². The summed E-state index contributed by atoms with van der Waals surface area (Å²) in [6.45, 7) is -0.208. The second-order valence-corrected chi connectivity index (χ2v) is 8.84. The zero-order valence-corrected chi connectivity index (χ0v) is 19.2. The molecule has 0 aliphatic carbocycles. The molecule has 0 aliphatic heterocycles. The van der Waals surface area contributed by atoms with Gasteiger partial charge in [-0.1, -0.05) is 58.9 Å². The van der Waals surface area contributed by atoms with Crippen LogP contribution < -0.4 is 10.9 Å². The Hall–Kier alpha value is -3.95. The molecule has 1 N–H and O–H groups in total. The van der Waals surface area contributed by atoms with E-state index in [-0.39, 0.29) is 18.0 Å². The summed E-state index contributed by atoms with van der Waals surface area (Å²) < 4.78 is 2.71. The van der Waals surface area contributed by atoms with Gasteiger partial charge in [0.05, 0.1) is 11.4 Å². The first kappa shape index (κ1) is 21.9. The van der Waals surface area contributed by atoms with E-state index in [1.54, 1.807) is 0 Å². The maximum Gasteiger partial charge on any atom is 0.284 e. The van der Waals surface area contributed by atoms with Crippen molar-refractivity contribution in [2.24, 2.45) is 0 Å². The van der Waals surface area contributed by atoms with E-state index in [4.69, 9.17) is 11.6 Å². The lowest BCUT2D eigenvalue weighted by Gasteiger charge is -2.11. The highest BCUT2D eigenvalue weighted by atomic mass is 35.5. The van der Waals surface area contributed by atoms with E-state index in [1.165, 1.54) is 27.3 Å². The molecule has 5 aromatic rings. The quantitative estimate of drug-likeness (QED) is 0.380. The molecule has 0 aliphatic rings. The molecule has 10 heteroatoms. The lowest BCUT2D eigenvalue weighted by molar-refractivity contribution is -0.116. The molecule has 0 unspecified atom stereocenters. The third-order valence-corrected chi connectivity index (χ3v) is 6.28. The van der Waals surface area contributed by atoms with Gasteiger partial charge in [-0.2, -0.15) is 4.68 Å². The molecular weight excluding hydrogens is 472 g/mol. The van der Waals surface area contributed by atoms with Crippen molar-refractivity contribution in [2.45, 2.75) is 16.3 Å². The molecule has 0 spiro atoms. The van der Waals surface area contributed by atoms with E-state index >= 15 is 0 Å². The molecule has 8 nitrogen and oxygen atoms in total. The Labute approximate surface area is 203 Å². The number of fused-ring (bicyclic) bond motifs is 1. The van der Waals surface area contributed by atoms with Crippen LogP contribution in [0.5, 0.6) is 0 Å². The zero-order valence-electron chi connectivity index (χ0n) is 17.6. The third kappa shape index (κ3) is 4.57. The maximum absolute atomic E-state index is 12.9. The number of anilines is 1. The van der Waals surface area contributed by atoms with Gasteiger partial charge >= 0.3 is 0 Å². The molecule has 34 heavy (non-hydrogen) atoms. The number of nitrogens with one attached hydrogen (secondary N) is 1. The summed E-state index contributed by atoms with van der Waals surface area (Å²) in [5, 5.41) is 11.6. The van der Waals surface area contributed by atoms with Gasteiger partial charge in [-0.3, -0.25) is 14.2 Å². The van der Waals surface area contributed by atoms with Crippen LogP contribution in [-0.2, 0) is 11.3 Å². The smallest absolute Gasteiger partial charge is 0.284 e. The Morgan fingerprint density at radius 3 is 2.50 bits per heavy atom. The van der Waals surface area contributed by atoms with Crippen molar-refractivity contribution in [3.63, 3.8) is 0 Å². The Morgan fingerprint density at radius 1 is 0.971 bits per heavy atom. The van der Waals surface area contributed by atoms with E-state index in [1.807, 2.05) is 78.9 Å². The number of aromatic nitrogens is 5. The number of hydrogen-bond acceptors (Lipinski definition) is 6. The molecule has 0 fully saturated rings. The number of hydrogen-bond donors (Lipinski definition) is 1. The van der Waals surface area contributed by atoms with Gasteiger partial charge in [-0.15, -0.1) is 5.10 Å². The van der Waals surface area contributed by atoms with Crippen LogP contribution in [0, 0.1) is 0 Å². The summed E-state index contributed by atoms with van der Waals surface area (Å²) in [6, 6.07) is 24.2. The fraction of sp³-hybridized carbons (Fsp3) is 0.0417. The van der Waals surface area contributed by atoms with Crippen LogP contribution in [0.25, 0.3) is 16.9 Å². The van der Waals surface area contributed by atoms with Crippen molar-refractivity contribution >= 4 is 46.1 Å². The molecule has 5 rings (SSSR count). The fourth-order valence-corrected chi connectivity index (χ4v) is 4.36. The summed E-state index contributed by atoms with van der Waals surface area (Å²) >= 11 is 7.47.